The first kappa shape index (κ1) is 28.5. The summed E-state index contributed by atoms with van der Waals surface area (Å²) in [6.07, 6.45) is 3.64. The number of likely N-dealkylation sites (tertiary alicyclic amines) is 1. The predicted octanol–water partition coefficient (Wildman–Crippen LogP) is 1.69. The monoisotopic (exact) mass is 553 g/mol. The predicted molar refractivity (Wildman–Crippen MR) is 137 cm³/mol. The van der Waals surface area contributed by atoms with Crippen LogP contribution in [0.5, 0.6) is 0 Å². The average Bonchev–Trinajstić information content (AvgIpc) is 2.99. The molecule has 1 aliphatic heterocycles. The van der Waals surface area contributed by atoms with Gasteiger partial charge in [0, 0.05) is 13.1 Å². The smallest absolute Gasteiger partial charge is 0.338 e. The highest BCUT2D eigenvalue weighted by molar-refractivity contribution is 7.92. The molecule has 0 unspecified atom stereocenters. The zero-order valence-electron chi connectivity index (χ0n) is 20.9. The molecule has 2 heterocycles. The number of esters is 2. The van der Waals surface area contributed by atoms with Crippen molar-refractivity contribution in [3.05, 3.63) is 28.6 Å². The van der Waals surface area contributed by atoms with Crippen LogP contribution in [0.3, 0.4) is 0 Å². The van der Waals surface area contributed by atoms with Gasteiger partial charge in [-0.3, -0.25) is 14.4 Å². The van der Waals surface area contributed by atoms with E-state index >= 15 is 0 Å². The Hall–Kier alpha value is -3.06. The lowest BCUT2D eigenvalue weighted by molar-refractivity contribution is -0.143. The molecule has 202 valence electrons. The minimum Gasteiger partial charge on any atom is -0.465 e. The van der Waals surface area contributed by atoms with Gasteiger partial charge in [0.1, 0.15) is 18.1 Å². The van der Waals surface area contributed by atoms with Gasteiger partial charge in [0.05, 0.1) is 29.0 Å². The molecule has 2 amide bonds. The molecule has 1 aromatic carbocycles. The van der Waals surface area contributed by atoms with Gasteiger partial charge in [-0.15, -0.1) is 0 Å². The summed E-state index contributed by atoms with van der Waals surface area (Å²) in [5.41, 5.74) is 0.795. The number of hydrogen-bond acceptors (Lipinski definition) is 9. The van der Waals surface area contributed by atoms with Crippen molar-refractivity contribution in [2.24, 2.45) is 4.99 Å². The Labute approximate surface area is 219 Å². The standard InChI is InChI=1S/C24H31N3O8S2/c1-3-34-22(30)14-27-18-10-9-17(23(31)35-4-2)13-19(18)36-24(27)25-20(28)15-37(32,33)16-21(29)26-11-7-5-6-8-12-26/h9-10,13H,3-8,11-12,14-16H2,1-2H3. The number of carbonyl (C=O) groups excluding carboxylic acids is 4. The van der Waals surface area contributed by atoms with E-state index in [1.165, 1.54) is 15.5 Å². The number of hydrogen-bond donors (Lipinski definition) is 0. The van der Waals surface area contributed by atoms with Crippen LogP contribution < -0.4 is 4.80 Å². The Morgan fingerprint density at radius 2 is 1.65 bits per heavy atom. The van der Waals surface area contributed by atoms with Crippen molar-refractivity contribution in [3.8, 4) is 0 Å². The van der Waals surface area contributed by atoms with Crippen LogP contribution in [-0.4, -0.2) is 79.4 Å². The summed E-state index contributed by atoms with van der Waals surface area (Å²) >= 11 is 1.02. The number of sulfone groups is 1. The number of thiazole rings is 1. The Bertz CT molecular complexity index is 1340. The third-order valence-electron chi connectivity index (χ3n) is 5.65. The largest absolute Gasteiger partial charge is 0.465 e. The van der Waals surface area contributed by atoms with E-state index in [2.05, 4.69) is 4.99 Å². The fourth-order valence-electron chi connectivity index (χ4n) is 3.97. The van der Waals surface area contributed by atoms with Gasteiger partial charge in [-0.2, -0.15) is 4.99 Å². The topological polar surface area (TPSA) is 141 Å². The van der Waals surface area contributed by atoms with Gasteiger partial charge in [0.2, 0.25) is 5.91 Å². The highest BCUT2D eigenvalue weighted by Gasteiger charge is 2.25. The maximum Gasteiger partial charge on any atom is 0.338 e. The molecular weight excluding hydrogens is 522 g/mol. The number of carbonyl (C=O) groups is 4. The van der Waals surface area contributed by atoms with Gasteiger partial charge < -0.3 is 18.9 Å². The van der Waals surface area contributed by atoms with Gasteiger partial charge in [0.25, 0.3) is 5.91 Å². The second kappa shape index (κ2) is 13.0. The van der Waals surface area contributed by atoms with Crippen molar-refractivity contribution in [3.63, 3.8) is 0 Å². The first-order valence-electron chi connectivity index (χ1n) is 12.2. The van der Waals surface area contributed by atoms with E-state index in [9.17, 15) is 27.6 Å². The summed E-state index contributed by atoms with van der Waals surface area (Å²) in [4.78, 5) is 55.1. The van der Waals surface area contributed by atoms with Crippen LogP contribution in [0.25, 0.3) is 10.2 Å². The lowest BCUT2D eigenvalue weighted by Gasteiger charge is -2.19. The molecule has 1 fully saturated rings. The molecule has 11 nitrogen and oxygen atoms in total. The number of benzene rings is 1. The van der Waals surface area contributed by atoms with Crippen LogP contribution in [-0.2, 0) is 40.2 Å². The van der Waals surface area contributed by atoms with Gasteiger partial charge in [-0.05, 0) is 44.9 Å². The van der Waals surface area contributed by atoms with E-state index in [1.54, 1.807) is 26.0 Å². The zero-order chi connectivity index (χ0) is 27.0. The summed E-state index contributed by atoms with van der Waals surface area (Å²) in [5, 5.41) is 0. The minimum absolute atomic E-state index is 0.0723. The summed E-state index contributed by atoms with van der Waals surface area (Å²) < 4.78 is 37.2. The van der Waals surface area contributed by atoms with Gasteiger partial charge in [-0.1, -0.05) is 24.2 Å². The molecule has 0 bridgehead atoms. The van der Waals surface area contributed by atoms with Gasteiger partial charge in [0.15, 0.2) is 14.6 Å². The third-order valence-corrected chi connectivity index (χ3v) is 8.07. The highest BCUT2D eigenvalue weighted by atomic mass is 32.2. The third kappa shape index (κ3) is 7.96. The van der Waals surface area contributed by atoms with Crippen molar-refractivity contribution in [1.82, 2.24) is 9.47 Å². The SMILES string of the molecule is CCOC(=O)Cn1c(=NC(=O)CS(=O)(=O)CC(=O)N2CCCCCC2)sc2cc(C(=O)OCC)ccc21. The van der Waals surface area contributed by atoms with E-state index in [-0.39, 0.29) is 30.1 Å². The Kier molecular flexibility index (Phi) is 9.98. The Morgan fingerprint density at radius 1 is 0.973 bits per heavy atom. The average molecular weight is 554 g/mol. The number of rotatable bonds is 9. The first-order valence-corrected chi connectivity index (χ1v) is 14.8. The summed E-state index contributed by atoms with van der Waals surface area (Å²) in [7, 11) is -4.05. The Balaban J connectivity index is 1.87. The zero-order valence-corrected chi connectivity index (χ0v) is 22.6. The van der Waals surface area contributed by atoms with Crippen molar-refractivity contribution < 1.29 is 37.1 Å². The van der Waals surface area contributed by atoms with Crippen molar-refractivity contribution in [2.45, 2.75) is 46.1 Å². The number of amides is 2. The number of ether oxygens (including phenoxy) is 2. The second-order valence-electron chi connectivity index (χ2n) is 8.51. The highest BCUT2D eigenvalue weighted by Crippen LogP contribution is 2.20. The van der Waals surface area contributed by atoms with Crippen LogP contribution >= 0.6 is 11.3 Å². The summed E-state index contributed by atoms with van der Waals surface area (Å²) in [6, 6.07) is 4.68. The molecule has 1 saturated heterocycles. The first-order chi connectivity index (χ1) is 17.6. The van der Waals surface area contributed by atoms with Gasteiger partial charge in [-0.25, -0.2) is 13.2 Å². The fourth-order valence-corrected chi connectivity index (χ4v) is 6.15. The van der Waals surface area contributed by atoms with Crippen molar-refractivity contribution in [2.75, 3.05) is 37.8 Å². The van der Waals surface area contributed by atoms with E-state index in [0.717, 1.165) is 37.0 Å². The molecule has 0 radical (unpaired) electrons. The van der Waals surface area contributed by atoms with Crippen LogP contribution in [0.2, 0.25) is 0 Å². The maximum absolute atomic E-state index is 12.7. The molecule has 37 heavy (non-hydrogen) atoms. The van der Waals surface area contributed by atoms with E-state index < -0.39 is 45.1 Å². The molecule has 0 atom stereocenters. The molecule has 1 aliphatic rings. The summed E-state index contributed by atoms with van der Waals surface area (Å²) in [6.45, 7) is 4.46. The number of nitrogens with zero attached hydrogens (tertiary/aromatic N) is 3. The van der Waals surface area contributed by atoms with Crippen LogP contribution in [0.1, 0.15) is 49.9 Å². The van der Waals surface area contributed by atoms with Crippen LogP contribution in [0, 0.1) is 0 Å². The van der Waals surface area contributed by atoms with Crippen LogP contribution in [0.15, 0.2) is 23.2 Å². The minimum atomic E-state index is -4.05. The quantitative estimate of drug-likeness (QED) is 0.427. The van der Waals surface area contributed by atoms with Crippen molar-refractivity contribution >= 4 is 55.1 Å². The second-order valence-corrected chi connectivity index (χ2v) is 11.6. The number of aromatic nitrogens is 1. The van der Waals surface area contributed by atoms with E-state index in [4.69, 9.17) is 9.47 Å². The molecule has 0 spiro atoms. The van der Waals surface area contributed by atoms with Crippen LogP contribution in [0.4, 0.5) is 0 Å². The Morgan fingerprint density at radius 3 is 2.30 bits per heavy atom. The lowest BCUT2D eigenvalue weighted by atomic mass is 10.2. The molecule has 0 N–H and O–H groups in total. The molecule has 3 rings (SSSR count). The van der Waals surface area contributed by atoms with E-state index in [0.29, 0.717) is 23.3 Å². The maximum atomic E-state index is 12.7. The summed E-state index contributed by atoms with van der Waals surface area (Å²) in [5.74, 6) is -4.26. The van der Waals surface area contributed by atoms with E-state index in [1.807, 2.05) is 0 Å². The molecule has 1 aromatic heterocycles. The molecule has 0 saturated carbocycles. The van der Waals surface area contributed by atoms with Gasteiger partial charge >= 0.3 is 11.9 Å². The molecule has 13 heteroatoms. The molecular formula is C24H31N3O8S2. The number of fused-ring (bicyclic) bond motifs is 1. The molecule has 2 aromatic rings. The fraction of sp³-hybridized carbons (Fsp3) is 0.542. The lowest BCUT2D eigenvalue weighted by Crippen LogP contribution is -2.37. The van der Waals surface area contributed by atoms with Crippen molar-refractivity contribution in [1.29, 1.82) is 0 Å². The normalized spacial score (nSPS) is 14.9. The molecule has 0 aliphatic carbocycles.